The standard InChI is InChI=1S/C11H7BrO4/c1-16-10(15)11(12)8(13)6-4-2-3-5-7(6)9(11)14/h2-5H,1H3. The molecule has 0 N–H and O–H groups in total. The van der Waals surface area contributed by atoms with E-state index in [4.69, 9.17) is 0 Å². The molecule has 0 fully saturated rings. The highest BCUT2D eigenvalue weighted by molar-refractivity contribution is 9.11. The lowest BCUT2D eigenvalue weighted by Crippen LogP contribution is -2.43. The Hall–Kier alpha value is -1.49. The predicted octanol–water partition coefficient (Wildman–Crippen LogP) is 1.37. The molecule has 16 heavy (non-hydrogen) atoms. The molecule has 82 valence electrons. The van der Waals surface area contributed by atoms with Crippen LogP contribution in [-0.2, 0) is 9.53 Å². The third-order valence-corrected chi connectivity index (χ3v) is 3.55. The van der Waals surface area contributed by atoms with Crippen LogP contribution in [0.4, 0.5) is 0 Å². The maximum Gasteiger partial charge on any atom is 0.338 e. The number of fused-ring (bicyclic) bond motifs is 1. The van der Waals surface area contributed by atoms with Gasteiger partial charge >= 0.3 is 5.97 Å². The first-order valence-electron chi connectivity index (χ1n) is 4.49. The molecule has 1 aromatic carbocycles. The van der Waals surface area contributed by atoms with Crippen molar-refractivity contribution >= 4 is 33.5 Å². The molecule has 0 saturated carbocycles. The van der Waals surface area contributed by atoms with Gasteiger partial charge in [0.25, 0.3) is 0 Å². The molecule has 0 aromatic heterocycles. The molecule has 0 heterocycles. The lowest BCUT2D eigenvalue weighted by Gasteiger charge is -2.14. The number of carbonyl (C=O) groups is 3. The largest absolute Gasteiger partial charge is 0.467 e. The van der Waals surface area contributed by atoms with Crippen LogP contribution >= 0.6 is 15.9 Å². The van der Waals surface area contributed by atoms with Gasteiger partial charge in [-0.3, -0.25) is 9.59 Å². The molecule has 0 aliphatic heterocycles. The molecule has 2 rings (SSSR count). The average Bonchev–Trinajstić information content (AvgIpc) is 2.52. The molecule has 0 atom stereocenters. The lowest BCUT2D eigenvalue weighted by molar-refractivity contribution is -0.140. The van der Waals surface area contributed by atoms with Crippen LogP contribution < -0.4 is 0 Å². The maximum atomic E-state index is 12.0. The Balaban J connectivity index is 2.62. The van der Waals surface area contributed by atoms with E-state index in [-0.39, 0.29) is 11.1 Å². The molecule has 0 saturated heterocycles. The zero-order chi connectivity index (χ0) is 11.9. The summed E-state index contributed by atoms with van der Waals surface area (Å²) in [7, 11) is 1.13. The minimum Gasteiger partial charge on any atom is -0.467 e. The molecule has 0 amide bonds. The van der Waals surface area contributed by atoms with E-state index in [1.54, 1.807) is 12.1 Å². The van der Waals surface area contributed by atoms with Crippen LogP contribution in [0.15, 0.2) is 24.3 Å². The summed E-state index contributed by atoms with van der Waals surface area (Å²) in [6, 6.07) is 6.31. The summed E-state index contributed by atoms with van der Waals surface area (Å²) in [5.41, 5.74) is 0.490. The number of halogens is 1. The van der Waals surface area contributed by atoms with Gasteiger partial charge < -0.3 is 4.74 Å². The van der Waals surface area contributed by atoms with Crippen molar-refractivity contribution in [3.8, 4) is 0 Å². The Kier molecular flexibility index (Phi) is 2.42. The van der Waals surface area contributed by atoms with Crippen LogP contribution in [-0.4, -0.2) is 29.0 Å². The Morgan fingerprint density at radius 1 is 1.19 bits per heavy atom. The number of rotatable bonds is 1. The Bertz CT molecular complexity index is 471. The first-order valence-corrected chi connectivity index (χ1v) is 5.28. The minimum absolute atomic E-state index is 0.245. The molecule has 0 spiro atoms. The van der Waals surface area contributed by atoms with Gasteiger partial charge in [-0.05, 0) is 0 Å². The molecule has 5 heteroatoms. The highest BCUT2D eigenvalue weighted by atomic mass is 79.9. The van der Waals surface area contributed by atoms with Crippen molar-refractivity contribution < 1.29 is 19.1 Å². The van der Waals surface area contributed by atoms with E-state index in [0.29, 0.717) is 0 Å². The third kappa shape index (κ3) is 1.18. The van der Waals surface area contributed by atoms with Crippen molar-refractivity contribution in [2.24, 2.45) is 0 Å². The molecule has 1 aliphatic carbocycles. The maximum absolute atomic E-state index is 12.0. The summed E-state index contributed by atoms with van der Waals surface area (Å²) >= 11 is 2.91. The number of carbonyl (C=O) groups excluding carboxylic acids is 3. The van der Waals surface area contributed by atoms with E-state index in [9.17, 15) is 14.4 Å². The Morgan fingerprint density at radius 2 is 1.62 bits per heavy atom. The van der Waals surface area contributed by atoms with Gasteiger partial charge in [0.15, 0.2) is 11.6 Å². The van der Waals surface area contributed by atoms with Crippen molar-refractivity contribution in [1.29, 1.82) is 0 Å². The van der Waals surface area contributed by atoms with E-state index in [1.807, 2.05) is 0 Å². The molecular weight excluding hydrogens is 276 g/mol. The molecule has 0 bridgehead atoms. The number of methoxy groups -OCH3 is 1. The number of ether oxygens (including phenoxy) is 1. The summed E-state index contributed by atoms with van der Waals surface area (Å²) in [6.07, 6.45) is 0. The van der Waals surface area contributed by atoms with Gasteiger partial charge in [0.05, 0.1) is 7.11 Å². The number of hydrogen-bond acceptors (Lipinski definition) is 4. The highest BCUT2D eigenvalue weighted by Crippen LogP contribution is 2.37. The number of Topliss-reactive ketones (excluding diaryl/α,β-unsaturated/α-hetero) is 2. The fraction of sp³-hybridized carbons (Fsp3) is 0.182. The second kappa shape index (κ2) is 3.52. The molecule has 0 unspecified atom stereocenters. The van der Waals surface area contributed by atoms with Crippen LogP contribution in [0, 0.1) is 0 Å². The van der Waals surface area contributed by atoms with Crippen LogP contribution in [0.5, 0.6) is 0 Å². The van der Waals surface area contributed by atoms with E-state index in [2.05, 4.69) is 20.7 Å². The lowest BCUT2D eigenvalue weighted by atomic mass is 10.0. The van der Waals surface area contributed by atoms with Crippen molar-refractivity contribution in [3.63, 3.8) is 0 Å². The number of ketones is 2. The summed E-state index contributed by atoms with van der Waals surface area (Å²) in [6.45, 7) is 0. The SMILES string of the molecule is COC(=O)C1(Br)C(=O)c2ccccc2C1=O. The predicted molar refractivity (Wildman–Crippen MR) is 58.8 cm³/mol. The third-order valence-electron chi connectivity index (χ3n) is 2.51. The highest BCUT2D eigenvalue weighted by Gasteiger charge is 2.57. The molecule has 1 aromatic rings. The number of benzene rings is 1. The summed E-state index contributed by atoms with van der Waals surface area (Å²) in [5.74, 6) is -2.03. The zero-order valence-electron chi connectivity index (χ0n) is 8.32. The summed E-state index contributed by atoms with van der Waals surface area (Å²) in [5, 5.41) is 0. The number of hydrogen-bond donors (Lipinski definition) is 0. The van der Waals surface area contributed by atoms with Gasteiger partial charge in [-0.25, -0.2) is 4.79 Å². The molecular formula is C11H7BrO4. The van der Waals surface area contributed by atoms with E-state index < -0.39 is 21.9 Å². The Labute approximate surface area is 99.7 Å². The molecule has 1 aliphatic rings. The van der Waals surface area contributed by atoms with Gasteiger partial charge in [-0.2, -0.15) is 0 Å². The first-order chi connectivity index (χ1) is 7.53. The first kappa shape index (κ1) is 11.0. The van der Waals surface area contributed by atoms with Crippen molar-refractivity contribution in [2.75, 3.05) is 7.11 Å². The van der Waals surface area contributed by atoms with Crippen LogP contribution in [0.1, 0.15) is 20.7 Å². The van der Waals surface area contributed by atoms with Crippen LogP contribution in [0.2, 0.25) is 0 Å². The topological polar surface area (TPSA) is 60.4 Å². The second-order valence-electron chi connectivity index (χ2n) is 3.35. The second-order valence-corrected chi connectivity index (χ2v) is 4.54. The monoisotopic (exact) mass is 282 g/mol. The van der Waals surface area contributed by atoms with Gasteiger partial charge in [0.1, 0.15) is 0 Å². The minimum atomic E-state index is -1.90. The quantitative estimate of drug-likeness (QED) is 0.444. The fourth-order valence-electron chi connectivity index (χ4n) is 1.68. The van der Waals surface area contributed by atoms with Crippen molar-refractivity contribution in [1.82, 2.24) is 0 Å². The smallest absolute Gasteiger partial charge is 0.338 e. The van der Waals surface area contributed by atoms with Gasteiger partial charge in [-0.15, -0.1) is 0 Å². The van der Waals surface area contributed by atoms with Gasteiger partial charge in [0, 0.05) is 11.1 Å². The Morgan fingerprint density at radius 3 is 2.00 bits per heavy atom. The molecule has 0 radical (unpaired) electrons. The summed E-state index contributed by atoms with van der Waals surface area (Å²) in [4.78, 5) is 35.4. The summed E-state index contributed by atoms with van der Waals surface area (Å²) < 4.78 is 2.58. The fourth-order valence-corrected chi connectivity index (χ4v) is 2.27. The zero-order valence-corrected chi connectivity index (χ0v) is 9.91. The van der Waals surface area contributed by atoms with Crippen molar-refractivity contribution in [3.05, 3.63) is 35.4 Å². The molecule has 4 nitrogen and oxygen atoms in total. The number of alkyl halides is 1. The number of esters is 1. The van der Waals surface area contributed by atoms with Crippen molar-refractivity contribution in [2.45, 2.75) is 4.32 Å². The van der Waals surface area contributed by atoms with Gasteiger partial charge in [-0.1, -0.05) is 40.2 Å². The van der Waals surface area contributed by atoms with Gasteiger partial charge in [0.2, 0.25) is 4.32 Å². The van der Waals surface area contributed by atoms with E-state index >= 15 is 0 Å². The van der Waals surface area contributed by atoms with E-state index in [1.165, 1.54) is 12.1 Å². The van der Waals surface area contributed by atoms with Crippen LogP contribution in [0.3, 0.4) is 0 Å². The average molecular weight is 283 g/mol. The van der Waals surface area contributed by atoms with Crippen LogP contribution in [0.25, 0.3) is 0 Å². The van der Waals surface area contributed by atoms with E-state index in [0.717, 1.165) is 7.11 Å². The normalized spacial score (nSPS) is 17.1.